The smallest absolute Gasteiger partial charge is 0.207 e. The molecule has 0 unspecified atom stereocenters. The summed E-state index contributed by atoms with van der Waals surface area (Å²) >= 11 is 11.9. The Bertz CT molecular complexity index is 479. The van der Waals surface area contributed by atoms with Crippen LogP contribution in [0.15, 0.2) is 30.6 Å². The van der Waals surface area contributed by atoms with Crippen LogP contribution in [0.2, 0.25) is 10.0 Å². The first kappa shape index (κ1) is 10.3. The summed E-state index contributed by atoms with van der Waals surface area (Å²) in [6.07, 6.45) is 3.56. The van der Waals surface area contributed by atoms with E-state index in [2.05, 4.69) is 10.3 Å². The standard InChI is InChI=1S/C10H9Cl2N3/c1-15-5-4-13-10(15)14-9-6-7(11)2-3-8(9)12/h2-6H,1H3,(H,13,14). The Hall–Kier alpha value is -1.19. The van der Waals surface area contributed by atoms with Gasteiger partial charge in [0.05, 0.1) is 10.7 Å². The zero-order valence-electron chi connectivity index (χ0n) is 8.04. The number of aromatic nitrogens is 2. The van der Waals surface area contributed by atoms with Crippen molar-refractivity contribution >= 4 is 34.8 Å². The van der Waals surface area contributed by atoms with E-state index in [1.807, 2.05) is 17.8 Å². The van der Waals surface area contributed by atoms with Gasteiger partial charge in [0, 0.05) is 24.5 Å². The second-order valence-electron chi connectivity index (χ2n) is 3.11. The maximum atomic E-state index is 6.01. The molecule has 0 spiro atoms. The molecule has 0 atom stereocenters. The van der Waals surface area contributed by atoms with Crippen LogP contribution in [0, 0.1) is 0 Å². The molecule has 0 amide bonds. The number of anilines is 2. The summed E-state index contributed by atoms with van der Waals surface area (Å²) in [7, 11) is 1.90. The third-order valence-electron chi connectivity index (χ3n) is 2.00. The number of hydrogen-bond acceptors (Lipinski definition) is 2. The molecule has 0 radical (unpaired) electrons. The van der Waals surface area contributed by atoms with E-state index in [0.717, 1.165) is 11.6 Å². The lowest BCUT2D eigenvalue weighted by Crippen LogP contribution is -1.98. The first-order valence-electron chi connectivity index (χ1n) is 4.36. The van der Waals surface area contributed by atoms with Gasteiger partial charge in [-0.15, -0.1) is 0 Å². The Morgan fingerprint density at radius 2 is 2.13 bits per heavy atom. The fourth-order valence-corrected chi connectivity index (χ4v) is 1.54. The largest absolute Gasteiger partial charge is 0.324 e. The SMILES string of the molecule is Cn1ccnc1Nc1cc(Cl)ccc1Cl. The lowest BCUT2D eigenvalue weighted by Gasteiger charge is -2.07. The number of halogens is 2. The van der Waals surface area contributed by atoms with Crippen molar-refractivity contribution in [2.45, 2.75) is 0 Å². The van der Waals surface area contributed by atoms with E-state index in [0.29, 0.717) is 10.0 Å². The van der Waals surface area contributed by atoms with Gasteiger partial charge in [0.25, 0.3) is 0 Å². The summed E-state index contributed by atoms with van der Waals surface area (Å²) in [6, 6.07) is 5.25. The van der Waals surface area contributed by atoms with E-state index >= 15 is 0 Å². The molecular formula is C10H9Cl2N3. The van der Waals surface area contributed by atoms with E-state index in [4.69, 9.17) is 23.2 Å². The number of hydrogen-bond donors (Lipinski definition) is 1. The van der Waals surface area contributed by atoms with Crippen LogP contribution in [0.4, 0.5) is 11.6 Å². The average Bonchev–Trinajstić information content (AvgIpc) is 2.58. The summed E-state index contributed by atoms with van der Waals surface area (Å²) in [6.45, 7) is 0. The summed E-state index contributed by atoms with van der Waals surface area (Å²) in [5.74, 6) is 0.721. The van der Waals surface area contributed by atoms with Gasteiger partial charge in [0.1, 0.15) is 0 Å². The number of aryl methyl sites for hydroxylation is 1. The van der Waals surface area contributed by atoms with Gasteiger partial charge in [-0.05, 0) is 18.2 Å². The molecule has 1 aromatic heterocycles. The maximum Gasteiger partial charge on any atom is 0.207 e. The van der Waals surface area contributed by atoms with Crippen molar-refractivity contribution in [2.24, 2.45) is 7.05 Å². The molecule has 1 heterocycles. The Morgan fingerprint density at radius 1 is 1.33 bits per heavy atom. The molecule has 15 heavy (non-hydrogen) atoms. The molecule has 2 aromatic rings. The zero-order chi connectivity index (χ0) is 10.8. The number of nitrogens with one attached hydrogen (secondary N) is 1. The first-order chi connectivity index (χ1) is 7.16. The highest BCUT2D eigenvalue weighted by Crippen LogP contribution is 2.27. The Kier molecular flexibility index (Phi) is 2.84. The predicted octanol–water partition coefficient (Wildman–Crippen LogP) is 3.47. The van der Waals surface area contributed by atoms with Crippen LogP contribution in [0.1, 0.15) is 0 Å². The summed E-state index contributed by atoms with van der Waals surface area (Å²) < 4.78 is 1.86. The molecule has 1 aromatic carbocycles. The highest BCUT2D eigenvalue weighted by Gasteiger charge is 2.04. The van der Waals surface area contributed by atoms with Crippen molar-refractivity contribution < 1.29 is 0 Å². The van der Waals surface area contributed by atoms with E-state index in [1.54, 1.807) is 24.4 Å². The minimum absolute atomic E-state index is 0.613. The third-order valence-corrected chi connectivity index (χ3v) is 2.56. The molecule has 1 N–H and O–H groups in total. The van der Waals surface area contributed by atoms with Gasteiger partial charge in [-0.2, -0.15) is 0 Å². The normalized spacial score (nSPS) is 10.3. The van der Waals surface area contributed by atoms with Crippen molar-refractivity contribution in [3.63, 3.8) is 0 Å². The van der Waals surface area contributed by atoms with E-state index in [9.17, 15) is 0 Å². The number of imidazole rings is 1. The van der Waals surface area contributed by atoms with Gasteiger partial charge < -0.3 is 9.88 Å². The molecule has 0 aliphatic carbocycles. The first-order valence-corrected chi connectivity index (χ1v) is 5.12. The molecule has 0 saturated carbocycles. The molecule has 78 valence electrons. The highest BCUT2D eigenvalue weighted by atomic mass is 35.5. The Balaban J connectivity index is 2.32. The van der Waals surface area contributed by atoms with Gasteiger partial charge >= 0.3 is 0 Å². The Labute approximate surface area is 97.6 Å². The lowest BCUT2D eigenvalue weighted by molar-refractivity contribution is 0.924. The van der Waals surface area contributed by atoms with E-state index in [-0.39, 0.29) is 0 Å². The molecule has 0 aliphatic heterocycles. The molecule has 0 saturated heterocycles. The molecule has 2 rings (SSSR count). The van der Waals surface area contributed by atoms with Crippen LogP contribution in [0.25, 0.3) is 0 Å². The van der Waals surface area contributed by atoms with Crippen LogP contribution >= 0.6 is 23.2 Å². The van der Waals surface area contributed by atoms with Gasteiger partial charge in [0.2, 0.25) is 5.95 Å². The highest BCUT2D eigenvalue weighted by molar-refractivity contribution is 6.35. The second-order valence-corrected chi connectivity index (χ2v) is 3.95. The fraction of sp³-hybridized carbons (Fsp3) is 0.100. The quantitative estimate of drug-likeness (QED) is 0.873. The number of benzene rings is 1. The molecule has 5 heteroatoms. The number of nitrogens with zero attached hydrogens (tertiary/aromatic N) is 2. The van der Waals surface area contributed by atoms with Crippen LogP contribution < -0.4 is 5.32 Å². The predicted molar refractivity (Wildman–Crippen MR) is 63.0 cm³/mol. The minimum atomic E-state index is 0.613. The number of rotatable bonds is 2. The van der Waals surface area contributed by atoms with Crippen molar-refractivity contribution in [2.75, 3.05) is 5.32 Å². The van der Waals surface area contributed by atoms with Crippen LogP contribution in [0.3, 0.4) is 0 Å². The van der Waals surface area contributed by atoms with Gasteiger partial charge in [-0.3, -0.25) is 0 Å². The average molecular weight is 242 g/mol. The monoisotopic (exact) mass is 241 g/mol. The van der Waals surface area contributed by atoms with Gasteiger partial charge in [0.15, 0.2) is 0 Å². The van der Waals surface area contributed by atoms with Crippen molar-refractivity contribution in [3.8, 4) is 0 Å². The third kappa shape index (κ3) is 2.25. The molecule has 0 bridgehead atoms. The summed E-state index contributed by atoms with van der Waals surface area (Å²) in [5.41, 5.74) is 0.749. The Morgan fingerprint density at radius 3 is 2.80 bits per heavy atom. The second kappa shape index (κ2) is 4.13. The zero-order valence-corrected chi connectivity index (χ0v) is 9.55. The molecular weight excluding hydrogens is 233 g/mol. The van der Waals surface area contributed by atoms with Crippen LogP contribution in [-0.4, -0.2) is 9.55 Å². The van der Waals surface area contributed by atoms with Crippen molar-refractivity contribution in [1.29, 1.82) is 0 Å². The van der Waals surface area contributed by atoms with E-state index in [1.165, 1.54) is 0 Å². The van der Waals surface area contributed by atoms with Gasteiger partial charge in [-0.1, -0.05) is 23.2 Å². The van der Waals surface area contributed by atoms with Crippen molar-refractivity contribution in [1.82, 2.24) is 9.55 Å². The summed E-state index contributed by atoms with van der Waals surface area (Å²) in [5, 5.41) is 4.35. The fourth-order valence-electron chi connectivity index (χ4n) is 1.20. The molecule has 3 nitrogen and oxygen atoms in total. The van der Waals surface area contributed by atoms with Crippen LogP contribution in [0.5, 0.6) is 0 Å². The molecule has 0 fully saturated rings. The topological polar surface area (TPSA) is 29.9 Å². The van der Waals surface area contributed by atoms with Crippen molar-refractivity contribution in [3.05, 3.63) is 40.6 Å². The maximum absolute atomic E-state index is 6.01. The molecule has 0 aliphatic rings. The van der Waals surface area contributed by atoms with Gasteiger partial charge in [-0.25, -0.2) is 4.98 Å². The lowest BCUT2D eigenvalue weighted by atomic mass is 10.3. The minimum Gasteiger partial charge on any atom is -0.324 e. The summed E-state index contributed by atoms with van der Waals surface area (Å²) in [4.78, 5) is 4.13. The van der Waals surface area contributed by atoms with Crippen LogP contribution in [-0.2, 0) is 7.05 Å². The van der Waals surface area contributed by atoms with E-state index < -0.39 is 0 Å².